The van der Waals surface area contributed by atoms with Crippen molar-refractivity contribution in [3.05, 3.63) is 55.1 Å². The molecule has 0 aliphatic carbocycles. The Balaban J connectivity index is 2.18. The number of aromatic nitrogens is 3. The van der Waals surface area contributed by atoms with Gasteiger partial charge in [-0.1, -0.05) is 30.3 Å². The summed E-state index contributed by atoms with van der Waals surface area (Å²) >= 11 is 0. The third-order valence-corrected chi connectivity index (χ3v) is 3.09. The second-order valence-electron chi connectivity index (χ2n) is 4.48. The van der Waals surface area contributed by atoms with Gasteiger partial charge in [0.1, 0.15) is 0 Å². The van der Waals surface area contributed by atoms with Crippen LogP contribution in [0.1, 0.15) is 0 Å². The third kappa shape index (κ3) is 1.74. The van der Waals surface area contributed by atoms with Gasteiger partial charge in [0.15, 0.2) is 0 Å². The number of hydrogen-bond acceptors (Lipinski definition) is 1. The zero-order chi connectivity index (χ0) is 12.5. The Hall–Kier alpha value is -2.29. The average Bonchev–Trinajstić information content (AvgIpc) is 2.96. The lowest BCUT2D eigenvalue weighted by atomic mass is 10.1. The van der Waals surface area contributed by atoms with Gasteiger partial charge in [-0.3, -0.25) is 0 Å². The smallest absolute Gasteiger partial charge is 0.0978 e. The molecule has 0 saturated heterocycles. The first kappa shape index (κ1) is 10.8. The van der Waals surface area contributed by atoms with E-state index in [1.54, 1.807) is 0 Å². The van der Waals surface area contributed by atoms with Gasteiger partial charge in [0.2, 0.25) is 0 Å². The largest absolute Gasteiger partial charge is 0.357 e. The van der Waals surface area contributed by atoms with Crippen LogP contribution in [0.2, 0.25) is 0 Å². The van der Waals surface area contributed by atoms with E-state index in [4.69, 9.17) is 0 Å². The minimum atomic E-state index is 1.03. The molecule has 0 aliphatic heterocycles. The Morgan fingerprint density at radius 3 is 2.39 bits per heavy atom. The molecule has 0 spiro atoms. The molecule has 3 nitrogen and oxygen atoms in total. The van der Waals surface area contributed by atoms with Crippen LogP contribution in [-0.4, -0.2) is 14.1 Å². The summed E-state index contributed by atoms with van der Waals surface area (Å²) in [5.41, 5.74) is 4.53. The number of imidazole rings is 1. The molecule has 3 aromatic rings. The monoisotopic (exact) mass is 237 g/mol. The molecular weight excluding hydrogens is 222 g/mol. The molecule has 2 aromatic heterocycles. The van der Waals surface area contributed by atoms with E-state index in [0.717, 1.165) is 17.0 Å². The standard InChI is InChI=1S/C15H15N3/c1-17-9-8-13(10-17)14-15(18(2)11-16-14)12-6-4-3-5-7-12/h3-11H,1-2H3. The van der Waals surface area contributed by atoms with Gasteiger partial charge in [0.25, 0.3) is 0 Å². The van der Waals surface area contributed by atoms with Crippen molar-refractivity contribution in [3.8, 4) is 22.5 Å². The molecular formula is C15H15N3. The lowest BCUT2D eigenvalue weighted by Crippen LogP contribution is -1.91. The number of rotatable bonds is 2. The quantitative estimate of drug-likeness (QED) is 0.671. The van der Waals surface area contributed by atoms with Crippen LogP contribution in [-0.2, 0) is 14.1 Å². The Bertz CT molecular complexity index is 662. The Kier molecular flexibility index (Phi) is 2.52. The molecule has 3 rings (SSSR count). The van der Waals surface area contributed by atoms with Crippen molar-refractivity contribution < 1.29 is 0 Å². The molecule has 0 saturated carbocycles. The predicted octanol–water partition coefficient (Wildman–Crippen LogP) is 3.09. The summed E-state index contributed by atoms with van der Waals surface area (Å²) in [7, 11) is 4.05. The summed E-state index contributed by atoms with van der Waals surface area (Å²) in [4.78, 5) is 4.53. The minimum absolute atomic E-state index is 1.03. The summed E-state index contributed by atoms with van der Waals surface area (Å²) in [5, 5.41) is 0. The van der Waals surface area contributed by atoms with Gasteiger partial charge in [0.05, 0.1) is 17.7 Å². The second-order valence-corrected chi connectivity index (χ2v) is 4.48. The van der Waals surface area contributed by atoms with Gasteiger partial charge in [-0.25, -0.2) is 4.98 Å². The molecule has 0 amide bonds. The van der Waals surface area contributed by atoms with Crippen LogP contribution >= 0.6 is 0 Å². The van der Waals surface area contributed by atoms with Crippen LogP contribution in [0.5, 0.6) is 0 Å². The summed E-state index contributed by atoms with van der Waals surface area (Å²) in [6, 6.07) is 12.5. The van der Waals surface area contributed by atoms with Crippen LogP contribution in [0.4, 0.5) is 0 Å². The summed E-state index contributed by atoms with van der Waals surface area (Å²) in [6.45, 7) is 0. The molecule has 18 heavy (non-hydrogen) atoms. The van der Waals surface area contributed by atoms with E-state index >= 15 is 0 Å². The highest BCUT2D eigenvalue weighted by Crippen LogP contribution is 2.30. The van der Waals surface area contributed by atoms with Crippen molar-refractivity contribution in [2.45, 2.75) is 0 Å². The lowest BCUT2D eigenvalue weighted by molar-refractivity contribution is 0.921. The van der Waals surface area contributed by atoms with Crippen molar-refractivity contribution in [3.63, 3.8) is 0 Å². The van der Waals surface area contributed by atoms with E-state index in [9.17, 15) is 0 Å². The highest BCUT2D eigenvalue weighted by atomic mass is 15.0. The van der Waals surface area contributed by atoms with Crippen molar-refractivity contribution in [1.29, 1.82) is 0 Å². The van der Waals surface area contributed by atoms with Crippen LogP contribution in [0.25, 0.3) is 22.5 Å². The van der Waals surface area contributed by atoms with Crippen LogP contribution in [0.3, 0.4) is 0 Å². The lowest BCUT2D eigenvalue weighted by Gasteiger charge is -2.05. The van der Waals surface area contributed by atoms with Crippen LogP contribution in [0.15, 0.2) is 55.1 Å². The normalized spacial score (nSPS) is 10.8. The van der Waals surface area contributed by atoms with E-state index in [2.05, 4.69) is 46.1 Å². The molecule has 3 heteroatoms. The van der Waals surface area contributed by atoms with E-state index in [-0.39, 0.29) is 0 Å². The van der Waals surface area contributed by atoms with Crippen molar-refractivity contribution in [1.82, 2.24) is 14.1 Å². The first-order chi connectivity index (χ1) is 8.75. The molecule has 0 N–H and O–H groups in total. The van der Waals surface area contributed by atoms with Crippen molar-refractivity contribution >= 4 is 0 Å². The van der Waals surface area contributed by atoms with E-state index in [0.29, 0.717) is 0 Å². The summed E-state index contributed by atoms with van der Waals surface area (Å²) < 4.78 is 4.11. The average molecular weight is 237 g/mol. The molecule has 2 heterocycles. The second kappa shape index (κ2) is 4.18. The third-order valence-electron chi connectivity index (χ3n) is 3.09. The molecule has 0 bridgehead atoms. The van der Waals surface area contributed by atoms with E-state index in [1.165, 1.54) is 5.56 Å². The highest BCUT2D eigenvalue weighted by Gasteiger charge is 2.13. The molecule has 90 valence electrons. The molecule has 0 radical (unpaired) electrons. The Morgan fingerprint density at radius 1 is 0.944 bits per heavy atom. The predicted molar refractivity (Wildman–Crippen MR) is 73.1 cm³/mol. The van der Waals surface area contributed by atoms with E-state index < -0.39 is 0 Å². The summed E-state index contributed by atoms with van der Waals surface area (Å²) in [5.74, 6) is 0. The molecule has 0 unspecified atom stereocenters. The maximum Gasteiger partial charge on any atom is 0.0978 e. The van der Waals surface area contributed by atoms with Crippen molar-refractivity contribution in [2.75, 3.05) is 0 Å². The van der Waals surface area contributed by atoms with Gasteiger partial charge in [0, 0.05) is 37.6 Å². The first-order valence-electron chi connectivity index (χ1n) is 5.95. The maximum atomic E-state index is 4.53. The van der Waals surface area contributed by atoms with Gasteiger partial charge in [-0.2, -0.15) is 0 Å². The van der Waals surface area contributed by atoms with Crippen LogP contribution in [0, 0.1) is 0 Å². The molecule has 1 aromatic carbocycles. The van der Waals surface area contributed by atoms with E-state index in [1.807, 2.05) is 37.3 Å². The van der Waals surface area contributed by atoms with Gasteiger partial charge in [-0.15, -0.1) is 0 Å². The zero-order valence-electron chi connectivity index (χ0n) is 10.5. The fourth-order valence-electron chi connectivity index (χ4n) is 2.22. The molecule has 0 fully saturated rings. The number of aryl methyl sites for hydroxylation is 2. The fraction of sp³-hybridized carbons (Fsp3) is 0.133. The Labute approximate surface area is 106 Å². The SMILES string of the molecule is Cn1ccc(-c2ncn(C)c2-c2ccccc2)c1. The minimum Gasteiger partial charge on any atom is -0.357 e. The zero-order valence-corrected chi connectivity index (χ0v) is 10.5. The number of benzene rings is 1. The Morgan fingerprint density at radius 2 is 1.72 bits per heavy atom. The van der Waals surface area contributed by atoms with Gasteiger partial charge >= 0.3 is 0 Å². The van der Waals surface area contributed by atoms with Gasteiger partial charge < -0.3 is 9.13 Å². The van der Waals surface area contributed by atoms with Crippen LogP contribution < -0.4 is 0 Å². The highest BCUT2D eigenvalue weighted by molar-refractivity contribution is 5.78. The molecule has 0 aliphatic rings. The summed E-state index contributed by atoms with van der Waals surface area (Å²) in [6.07, 6.45) is 6.00. The fourth-order valence-corrected chi connectivity index (χ4v) is 2.22. The first-order valence-corrected chi connectivity index (χ1v) is 5.95. The van der Waals surface area contributed by atoms with Crippen molar-refractivity contribution in [2.24, 2.45) is 14.1 Å². The van der Waals surface area contributed by atoms with Gasteiger partial charge in [-0.05, 0) is 6.07 Å². The maximum absolute atomic E-state index is 4.53. The number of nitrogens with zero attached hydrogens (tertiary/aromatic N) is 3. The molecule has 0 atom stereocenters. The topological polar surface area (TPSA) is 22.8 Å². The number of hydrogen-bond donors (Lipinski definition) is 0.